The Kier molecular flexibility index (Phi) is 7.31. The third kappa shape index (κ3) is 5.88. The number of anilines is 1. The van der Waals surface area contributed by atoms with Gasteiger partial charge >= 0.3 is 0 Å². The van der Waals surface area contributed by atoms with E-state index in [9.17, 15) is 4.79 Å². The first kappa shape index (κ1) is 22.3. The molecule has 0 radical (unpaired) electrons. The number of rotatable bonds is 7. The Morgan fingerprint density at radius 2 is 1.87 bits per heavy atom. The summed E-state index contributed by atoms with van der Waals surface area (Å²) in [6, 6.07) is 8.14. The zero-order chi connectivity index (χ0) is 21.8. The second kappa shape index (κ2) is 10.2. The van der Waals surface area contributed by atoms with E-state index in [4.69, 9.17) is 4.99 Å². The first-order valence-electron chi connectivity index (χ1n) is 12.0. The van der Waals surface area contributed by atoms with E-state index in [0.717, 1.165) is 40.5 Å². The van der Waals surface area contributed by atoms with Crippen molar-refractivity contribution < 1.29 is 4.79 Å². The van der Waals surface area contributed by atoms with E-state index >= 15 is 0 Å². The van der Waals surface area contributed by atoms with Gasteiger partial charge in [-0.3, -0.25) is 9.79 Å². The molecule has 2 bridgehead atoms. The Bertz CT molecular complexity index is 928. The van der Waals surface area contributed by atoms with Gasteiger partial charge in [-0.05, 0) is 67.1 Å². The predicted molar refractivity (Wildman–Crippen MR) is 129 cm³/mol. The topological polar surface area (TPSA) is 46.4 Å². The van der Waals surface area contributed by atoms with Crippen molar-refractivity contribution in [3.8, 4) is 0 Å². The minimum Gasteiger partial charge on any atom is -0.326 e. The number of aromatic nitrogens is 1. The third-order valence-electron chi connectivity index (χ3n) is 7.23. The van der Waals surface area contributed by atoms with E-state index in [1.165, 1.54) is 50.5 Å². The highest BCUT2D eigenvalue weighted by molar-refractivity contribution is 7.07. The van der Waals surface area contributed by atoms with E-state index in [2.05, 4.69) is 41.2 Å². The molecular formula is C26H37N3OS. The summed E-state index contributed by atoms with van der Waals surface area (Å²) >= 11 is 1.65. The van der Waals surface area contributed by atoms with Gasteiger partial charge in [-0.1, -0.05) is 45.2 Å². The highest BCUT2D eigenvalue weighted by Gasteiger charge is 2.31. The molecule has 1 aromatic carbocycles. The van der Waals surface area contributed by atoms with Crippen molar-refractivity contribution in [2.24, 2.45) is 29.8 Å². The molecule has 0 aliphatic heterocycles. The molecule has 2 saturated carbocycles. The Labute approximate surface area is 190 Å². The largest absolute Gasteiger partial charge is 0.326 e. The van der Waals surface area contributed by atoms with E-state index in [1.54, 1.807) is 11.3 Å². The van der Waals surface area contributed by atoms with Crippen LogP contribution in [0.4, 0.5) is 5.69 Å². The van der Waals surface area contributed by atoms with Gasteiger partial charge in [-0.2, -0.15) is 0 Å². The molecular weight excluding hydrogens is 402 g/mol. The van der Waals surface area contributed by atoms with Gasteiger partial charge < -0.3 is 9.88 Å². The minimum absolute atomic E-state index is 0.0194. The van der Waals surface area contributed by atoms with Gasteiger partial charge in [0.15, 0.2) is 4.80 Å². The number of nitrogens with one attached hydrogen (secondary N) is 1. The lowest BCUT2D eigenvalue weighted by Gasteiger charge is -2.39. The Hall–Kier alpha value is -1.88. The number of thiazole rings is 1. The molecule has 1 heterocycles. The normalized spacial score (nSPS) is 23.9. The van der Waals surface area contributed by atoms with Crippen molar-refractivity contribution in [1.29, 1.82) is 0 Å². The highest BCUT2D eigenvalue weighted by atomic mass is 32.1. The molecule has 2 atom stereocenters. The lowest BCUT2D eigenvalue weighted by atomic mass is 9.67. The summed E-state index contributed by atoms with van der Waals surface area (Å²) in [4.78, 5) is 18.4. The molecule has 1 N–H and O–H groups in total. The van der Waals surface area contributed by atoms with Crippen LogP contribution >= 0.6 is 11.3 Å². The second-order valence-corrected chi connectivity index (χ2v) is 10.8. The minimum atomic E-state index is 0.0194. The quantitative estimate of drug-likeness (QED) is 0.574. The molecule has 2 unspecified atom stereocenters. The molecule has 31 heavy (non-hydrogen) atoms. The van der Waals surface area contributed by atoms with Crippen LogP contribution in [0, 0.1) is 17.8 Å². The van der Waals surface area contributed by atoms with Crippen LogP contribution < -0.4 is 10.1 Å². The fraction of sp³-hybridized carbons (Fsp3) is 0.615. The number of fused-ring (bicyclic) bond motifs is 2. The monoisotopic (exact) mass is 439 g/mol. The summed E-state index contributed by atoms with van der Waals surface area (Å²) in [5.74, 6) is 3.36. The van der Waals surface area contributed by atoms with Gasteiger partial charge in [0, 0.05) is 30.4 Å². The van der Waals surface area contributed by atoms with Crippen LogP contribution in [0.25, 0.3) is 0 Å². The zero-order valence-corrected chi connectivity index (χ0v) is 20.1. The number of benzene rings is 1. The van der Waals surface area contributed by atoms with E-state index in [-0.39, 0.29) is 5.91 Å². The fourth-order valence-electron chi connectivity index (χ4n) is 5.47. The molecule has 2 aliphatic carbocycles. The molecule has 2 fully saturated rings. The summed E-state index contributed by atoms with van der Waals surface area (Å²) in [7, 11) is 2.03. The average molecular weight is 440 g/mol. The maximum absolute atomic E-state index is 12.5. The lowest BCUT2D eigenvalue weighted by Crippen LogP contribution is -2.27. The summed E-state index contributed by atoms with van der Waals surface area (Å²) in [6.45, 7) is 5.26. The molecule has 1 amide bonds. The predicted octanol–water partition coefficient (Wildman–Crippen LogP) is 5.90. The lowest BCUT2D eigenvalue weighted by molar-refractivity contribution is -0.115. The van der Waals surface area contributed by atoms with Crippen molar-refractivity contribution in [1.82, 2.24) is 4.57 Å². The van der Waals surface area contributed by atoms with Crippen molar-refractivity contribution >= 4 is 22.9 Å². The van der Waals surface area contributed by atoms with Crippen LogP contribution in [-0.2, 0) is 18.3 Å². The second-order valence-electron chi connectivity index (χ2n) is 9.98. The van der Waals surface area contributed by atoms with Crippen LogP contribution in [0.15, 0.2) is 34.6 Å². The molecule has 0 spiro atoms. The molecule has 4 rings (SSSR count). The summed E-state index contributed by atoms with van der Waals surface area (Å²) < 4.78 is 2.09. The standard InChI is InChI=1S/C26H37N3OS/c1-18(2)22-7-9-23(10-8-22)28-25(30)16-24-17-31-26(29(24)3)27-12-11-21-14-19-5-4-6-20(13-19)15-21/h7-10,17-21H,4-6,11-16H2,1-3H3,(H,28,30). The van der Waals surface area contributed by atoms with Crippen molar-refractivity contribution in [3.63, 3.8) is 0 Å². The molecule has 2 aliphatic rings. The van der Waals surface area contributed by atoms with Crippen molar-refractivity contribution in [2.45, 2.75) is 71.1 Å². The summed E-state index contributed by atoms with van der Waals surface area (Å²) in [5, 5.41) is 5.09. The number of hydrogen-bond acceptors (Lipinski definition) is 3. The van der Waals surface area contributed by atoms with Crippen LogP contribution in [-0.4, -0.2) is 17.0 Å². The van der Waals surface area contributed by atoms with E-state index in [1.807, 2.05) is 19.2 Å². The van der Waals surface area contributed by atoms with Crippen LogP contribution in [0.3, 0.4) is 0 Å². The zero-order valence-electron chi connectivity index (χ0n) is 19.3. The van der Waals surface area contributed by atoms with Gasteiger partial charge in [-0.25, -0.2) is 0 Å². The maximum atomic E-state index is 12.5. The molecule has 1 aromatic heterocycles. The number of hydrogen-bond donors (Lipinski definition) is 1. The first-order valence-corrected chi connectivity index (χ1v) is 12.9. The average Bonchev–Trinajstić information content (AvgIpc) is 3.07. The Morgan fingerprint density at radius 1 is 1.16 bits per heavy atom. The highest BCUT2D eigenvalue weighted by Crippen LogP contribution is 2.43. The fourth-order valence-corrected chi connectivity index (χ4v) is 6.40. The van der Waals surface area contributed by atoms with Crippen molar-refractivity contribution in [3.05, 3.63) is 45.7 Å². The van der Waals surface area contributed by atoms with Gasteiger partial charge in [0.25, 0.3) is 0 Å². The number of nitrogens with zero attached hydrogens (tertiary/aromatic N) is 2. The Morgan fingerprint density at radius 3 is 2.55 bits per heavy atom. The maximum Gasteiger partial charge on any atom is 0.230 e. The smallest absolute Gasteiger partial charge is 0.230 e. The van der Waals surface area contributed by atoms with E-state index in [0.29, 0.717) is 12.3 Å². The van der Waals surface area contributed by atoms with Gasteiger partial charge in [-0.15, -0.1) is 11.3 Å². The number of amides is 1. The number of carbonyl (C=O) groups excluding carboxylic acids is 1. The third-order valence-corrected chi connectivity index (χ3v) is 8.23. The van der Waals surface area contributed by atoms with Gasteiger partial charge in [0.2, 0.25) is 5.91 Å². The summed E-state index contributed by atoms with van der Waals surface area (Å²) in [6.07, 6.45) is 10.3. The van der Waals surface area contributed by atoms with E-state index < -0.39 is 0 Å². The van der Waals surface area contributed by atoms with Gasteiger partial charge in [0.1, 0.15) is 0 Å². The van der Waals surface area contributed by atoms with Crippen LogP contribution in [0.1, 0.15) is 76.0 Å². The molecule has 5 heteroatoms. The van der Waals surface area contributed by atoms with Crippen molar-refractivity contribution in [2.75, 3.05) is 11.9 Å². The molecule has 2 aromatic rings. The van der Waals surface area contributed by atoms with Crippen LogP contribution in [0.5, 0.6) is 0 Å². The summed E-state index contributed by atoms with van der Waals surface area (Å²) in [5.41, 5.74) is 3.16. The SMILES string of the molecule is CC(C)c1ccc(NC(=O)Cc2csc(=NCCC3CC4CCCC(C4)C3)n2C)cc1. The molecule has 4 nitrogen and oxygen atoms in total. The number of carbonyl (C=O) groups is 1. The molecule has 168 valence electrons. The molecule has 0 saturated heterocycles. The van der Waals surface area contributed by atoms with Gasteiger partial charge in [0.05, 0.1) is 6.42 Å². The van der Waals surface area contributed by atoms with Crippen LogP contribution in [0.2, 0.25) is 0 Å². The Balaban J connectivity index is 1.29. The first-order chi connectivity index (χ1) is 15.0.